The van der Waals surface area contributed by atoms with E-state index in [1.165, 1.54) is 63.4 Å². The fourth-order valence-corrected chi connectivity index (χ4v) is 4.26. The lowest BCUT2D eigenvalue weighted by molar-refractivity contribution is 0.259. The van der Waals surface area contributed by atoms with E-state index in [0.717, 1.165) is 34.9 Å². The minimum atomic E-state index is 0.937. The summed E-state index contributed by atoms with van der Waals surface area (Å²) >= 11 is 0. The van der Waals surface area contributed by atoms with Gasteiger partial charge in [0.1, 0.15) is 0 Å². The summed E-state index contributed by atoms with van der Waals surface area (Å²) in [5.41, 5.74) is 4.65. The summed E-state index contributed by atoms with van der Waals surface area (Å²) in [4.78, 5) is 0. The van der Waals surface area contributed by atoms with Gasteiger partial charge >= 0.3 is 0 Å². The molecule has 0 bridgehead atoms. The van der Waals surface area contributed by atoms with Gasteiger partial charge in [0.15, 0.2) is 0 Å². The summed E-state index contributed by atoms with van der Waals surface area (Å²) < 4.78 is 0. The minimum absolute atomic E-state index is 0.937. The summed E-state index contributed by atoms with van der Waals surface area (Å²) in [5, 5.41) is 0. The Labute approximate surface area is 184 Å². The van der Waals surface area contributed by atoms with Crippen molar-refractivity contribution in [2.24, 2.45) is 11.8 Å². The predicted octanol–water partition coefficient (Wildman–Crippen LogP) is 7.78. The molecule has 0 heterocycles. The van der Waals surface area contributed by atoms with E-state index in [4.69, 9.17) is 0 Å². The van der Waals surface area contributed by atoms with Crippen LogP contribution in [-0.2, 0) is 6.42 Å². The van der Waals surface area contributed by atoms with Crippen LogP contribution < -0.4 is 0 Å². The number of rotatable bonds is 6. The highest BCUT2D eigenvalue weighted by Gasteiger charge is 2.19. The van der Waals surface area contributed by atoms with E-state index in [1.54, 1.807) is 0 Å². The summed E-state index contributed by atoms with van der Waals surface area (Å²) in [6.45, 7) is 4.54. The number of aryl methyl sites for hydroxylation is 1. The van der Waals surface area contributed by atoms with E-state index in [2.05, 4.69) is 86.1 Å². The highest BCUT2D eigenvalue weighted by Crippen LogP contribution is 2.33. The van der Waals surface area contributed by atoms with Gasteiger partial charge in [0.05, 0.1) is 0 Å². The first kappa shape index (κ1) is 22.2. The minimum Gasteiger partial charge on any atom is -0.0979 e. The maximum absolute atomic E-state index is 3.30. The van der Waals surface area contributed by atoms with Crippen molar-refractivity contribution < 1.29 is 0 Å². The Morgan fingerprint density at radius 1 is 0.700 bits per heavy atom. The Hall–Kier alpha value is -2.44. The van der Waals surface area contributed by atoms with Crippen molar-refractivity contribution in [3.8, 4) is 23.7 Å². The van der Waals surface area contributed by atoms with Gasteiger partial charge in [-0.1, -0.05) is 88.2 Å². The first-order valence-electron chi connectivity index (χ1n) is 12.0. The molecule has 0 saturated heterocycles. The Morgan fingerprint density at radius 3 is 1.80 bits per heavy atom. The van der Waals surface area contributed by atoms with Crippen molar-refractivity contribution in [1.82, 2.24) is 0 Å². The average Bonchev–Trinajstić information content (AvgIpc) is 2.81. The molecule has 1 fully saturated rings. The van der Waals surface area contributed by atoms with E-state index in [-0.39, 0.29) is 0 Å². The second kappa shape index (κ2) is 12.3. The molecule has 1 saturated carbocycles. The molecule has 0 heteroatoms. The van der Waals surface area contributed by atoms with Gasteiger partial charge in [-0.25, -0.2) is 0 Å². The van der Waals surface area contributed by atoms with Gasteiger partial charge < -0.3 is 0 Å². The zero-order chi connectivity index (χ0) is 21.0. The van der Waals surface area contributed by atoms with Gasteiger partial charge in [0.25, 0.3) is 0 Å². The third-order valence-electron chi connectivity index (χ3n) is 6.46. The Kier molecular flexibility index (Phi) is 9.12. The zero-order valence-corrected chi connectivity index (χ0v) is 18.8. The lowest BCUT2D eigenvalue weighted by atomic mass is 9.78. The smallest absolute Gasteiger partial charge is 0.0249 e. The maximum Gasteiger partial charge on any atom is 0.0249 e. The normalized spacial score (nSPS) is 18.1. The van der Waals surface area contributed by atoms with Gasteiger partial charge in [0.2, 0.25) is 0 Å². The van der Waals surface area contributed by atoms with Crippen LogP contribution in [0, 0.1) is 35.5 Å². The quantitative estimate of drug-likeness (QED) is 0.345. The van der Waals surface area contributed by atoms with Crippen molar-refractivity contribution in [1.29, 1.82) is 0 Å². The topological polar surface area (TPSA) is 0 Å². The molecule has 0 aliphatic heterocycles. The van der Waals surface area contributed by atoms with Gasteiger partial charge in [-0.3, -0.25) is 0 Å². The second-order valence-corrected chi connectivity index (χ2v) is 8.76. The molecule has 0 unspecified atom stereocenters. The van der Waals surface area contributed by atoms with Crippen LogP contribution in [0.5, 0.6) is 0 Å². The van der Waals surface area contributed by atoms with Crippen molar-refractivity contribution in [3.05, 3.63) is 70.8 Å². The highest BCUT2D eigenvalue weighted by molar-refractivity contribution is 5.46. The standard InChI is InChI=1S/C30H36/c1-3-5-6-7-8-26-13-15-28(16-14-26)19-20-30-23-21-29(22-24-30)18-17-27-11-9-25(4-2)10-12-27/h13-16,21-25,27H,3-6,9-12,17-18H2,1-2H3/t25-,27-. The largest absolute Gasteiger partial charge is 0.0979 e. The molecule has 1 aliphatic carbocycles. The van der Waals surface area contributed by atoms with Gasteiger partial charge in [-0.05, 0) is 73.1 Å². The van der Waals surface area contributed by atoms with Crippen LogP contribution in [0.25, 0.3) is 0 Å². The summed E-state index contributed by atoms with van der Waals surface area (Å²) in [6, 6.07) is 17.1. The molecule has 156 valence electrons. The second-order valence-electron chi connectivity index (χ2n) is 8.76. The fourth-order valence-electron chi connectivity index (χ4n) is 4.26. The number of hydrogen-bond donors (Lipinski definition) is 0. The van der Waals surface area contributed by atoms with Crippen LogP contribution in [0.1, 0.15) is 93.9 Å². The molecule has 0 aromatic heterocycles. The number of benzene rings is 2. The monoisotopic (exact) mass is 396 g/mol. The molecule has 0 spiro atoms. The van der Waals surface area contributed by atoms with E-state index in [1.807, 2.05) is 0 Å². The summed E-state index contributed by atoms with van der Waals surface area (Å²) in [7, 11) is 0. The predicted molar refractivity (Wildman–Crippen MR) is 129 cm³/mol. The molecular weight excluding hydrogens is 360 g/mol. The van der Waals surface area contributed by atoms with Crippen molar-refractivity contribution >= 4 is 0 Å². The lowest BCUT2D eigenvalue weighted by Crippen LogP contribution is -2.14. The first-order chi connectivity index (χ1) is 14.8. The van der Waals surface area contributed by atoms with Gasteiger partial charge in [0, 0.05) is 23.1 Å². The Balaban J connectivity index is 1.47. The molecule has 0 amide bonds. The van der Waals surface area contributed by atoms with Gasteiger partial charge in [-0.15, -0.1) is 0 Å². The maximum atomic E-state index is 3.30. The van der Waals surface area contributed by atoms with E-state index in [0.29, 0.717) is 0 Å². The Morgan fingerprint density at radius 2 is 1.23 bits per heavy atom. The zero-order valence-electron chi connectivity index (χ0n) is 18.8. The van der Waals surface area contributed by atoms with Gasteiger partial charge in [-0.2, -0.15) is 0 Å². The van der Waals surface area contributed by atoms with Crippen molar-refractivity contribution in [2.45, 2.75) is 78.1 Å². The average molecular weight is 397 g/mol. The number of unbranched alkanes of at least 4 members (excludes halogenated alkanes) is 2. The van der Waals surface area contributed by atoms with Crippen LogP contribution in [0.2, 0.25) is 0 Å². The molecule has 3 rings (SSSR count). The van der Waals surface area contributed by atoms with E-state index < -0.39 is 0 Å². The van der Waals surface area contributed by atoms with Crippen LogP contribution in [0.3, 0.4) is 0 Å². The Bertz CT molecular complexity index is 870. The molecule has 0 atom stereocenters. The third-order valence-corrected chi connectivity index (χ3v) is 6.46. The summed E-state index contributed by atoms with van der Waals surface area (Å²) in [5.74, 6) is 15.0. The fraction of sp³-hybridized carbons (Fsp3) is 0.467. The van der Waals surface area contributed by atoms with Crippen LogP contribution >= 0.6 is 0 Å². The SMILES string of the molecule is CCCCC#Cc1ccc(C#Cc2ccc(CC[C@H]3CC[C@H](CC)CC3)cc2)cc1. The number of hydrogen-bond acceptors (Lipinski definition) is 0. The highest BCUT2D eigenvalue weighted by atomic mass is 14.2. The van der Waals surface area contributed by atoms with Crippen LogP contribution in [0.4, 0.5) is 0 Å². The lowest BCUT2D eigenvalue weighted by Gasteiger charge is -2.27. The first-order valence-corrected chi connectivity index (χ1v) is 12.0. The molecule has 2 aromatic rings. The molecule has 0 N–H and O–H groups in total. The van der Waals surface area contributed by atoms with Crippen LogP contribution in [-0.4, -0.2) is 0 Å². The third kappa shape index (κ3) is 7.43. The molecule has 1 aliphatic rings. The molecule has 0 radical (unpaired) electrons. The molecule has 2 aromatic carbocycles. The molecule has 0 nitrogen and oxygen atoms in total. The van der Waals surface area contributed by atoms with E-state index >= 15 is 0 Å². The molecule has 30 heavy (non-hydrogen) atoms. The van der Waals surface area contributed by atoms with Crippen molar-refractivity contribution in [3.63, 3.8) is 0 Å². The molecular formula is C30H36. The summed E-state index contributed by atoms with van der Waals surface area (Å²) in [6.07, 6.45) is 13.0. The van der Waals surface area contributed by atoms with Crippen molar-refractivity contribution in [2.75, 3.05) is 0 Å². The van der Waals surface area contributed by atoms with Crippen LogP contribution in [0.15, 0.2) is 48.5 Å². The van der Waals surface area contributed by atoms with E-state index in [9.17, 15) is 0 Å².